The van der Waals surface area contributed by atoms with Gasteiger partial charge in [-0.3, -0.25) is 9.59 Å². The molecule has 1 saturated heterocycles. The lowest BCUT2D eigenvalue weighted by Gasteiger charge is -2.34. The van der Waals surface area contributed by atoms with E-state index in [0.717, 1.165) is 15.5 Å². The topological polar surface area (TPSA) is 76.4 Å². The molecule has 148 valence electrons. The molecule has 1 N–H and O–H groups in total. The van der Waals surface area contributed by atoms with Crippen LogP contribution in [-0.4, -0.2) is 47.8 Å². The summed E-state index contributed by atoms with van der Waals surface area (Å²) in [5.41, 5.74) is 0.865. The molecule has 0 radical (unpaired) electrons. The van der Waals surface area contributed by atoms with Crippen LogP contribution in [0.15, 0.2) is 76.2 Å². The number of amides is 2. The van der Waals surface area contributed by atoms with Gasteiger partial charge in [0.1, 0.15) is 11.6 Å². The molecule has 1 aliphatic rings. The van der Waals surface area contributed by atoms with Crippen LogP contribution in [0.4, 0.5) is 5.69 Å². The van der Waals surface area contributed by atoms with Gasteiger partial charge in [0.2, 0.25) is 5.91 Å². The molecular formula is C22H22N4O2S. The second kappa shape index (κ2) is 9.80. The van der Waals surface area contributed by atoms with Crippen molar-refractivity contribution >= 4 is 29.3 Å². The summed E-state index contributed by atoms with van der Waals surface area (Å²) in [7, 11) is 0. The Kier molecular flexibility index (Phi) is 6.93. The zero-order chi connectivity index (χ0) is 20.6. The molecule has 0 bridgehead atoms. The normalized spacial score (nSPS) is 14.3. The van der Waals surface area contributed by atoms with Crippen molar-refractivity contribution in [3.8, 4) is 6.07 Å². The Morgan fingerprint density at radius 2 is 1.62 bits per heavy atom. The Hall–Kier alpha value is -3.24. The van der Waals surface area contributed by atoms with E-state index in [9.17, 15) is 14.9 Å². The van der Waals surface area contributed by atoms with Gasteiger partial charge in [0, 0.05) is 49.1 Å². The van der Waals surface area contributed by atoms with Gasteiger partial charge in [-0.1, -0.05) is 42.1 Å². The highest BCUT2D eigenvalue weighted by Crippen LogP contribution is 2.33. The van der Waals surface area contributed by atoms with Crippen LogP contribution in [0, 0.1) is 11.3 Å². The number of hydrogen-bond acceptors (Lipinski definition) is 5. The third-order valence-electron chi connectivity index (χ3n) is 4.59. The Morgan fingerprint density at radius 1 is 1.00 bits per heavy atom. The number of piperazine rings is 1. The molecule has 2 amide bonds. The van der Waals surface area contributed by atoms with Crippen LogP contribution in [0.3, 0.4) is 0 Å². The zero-order valence-electron chi connectivity index (χ0n) is 16.2. The number of para-hydroxylation sites is 1. The highest BCUT2D eigenvalue weighted by atomic mass is 32.2. The van der Waals surface area contributed by atoms with E-state index in [0.29, 0.717) is 26.2 Å². The van der Waals surface area contributed by atoms with Crippen LogP contribution in [0.5, 0.6) is 0 Å². The van der Waals surface area contributed by atoms with E-state index in [1.54, 1.807) is 21.6 Å². The van der Waals surface area contributed by atoms with Gasteiger partial charge in [0.25, 0.3) is 5.91 Å². The second-order valence-corrected chi connectivity index (χ2v) is 7.64. The van der Waals surface area contributed by atoms with E-state index < -0.39 is 0 Å². The van der Waals surface area contributed by atoms with Gasteiger partial charge in [-0.2, -0.15) is 5.26 Å². The maximum atomic E-state index is 12.7. The standard InChI is InChI=1S/C22H22N4O2S/c1-17(27)25-11-13-26(14-12-25)22(28)18(15-23)16-24-20-9-5-6-10-21(20)29-19-7-3-2-4-8-19/h2-10,16,24H,11-14H2,1H3/b18-16-. The lowest BCUT2D eigenvalue weighted by Crippen LogP contribution is -2.50. The van der Waals surface area contributed by atoms with Crippen LogP contribution < -0.4 is 5.32 Å². The van der Waals surface area contributed by atoms with E-state index in [2.05, 4.69) is 5.32 Å². The summed E-state index contributed by atoms with van der Waals surface area (Å²) in [6, 6.07) is 19.7. The fraction of sp³-hybridized carbons (Fsp3) is 0.227. The molecule has 1 heterocycles. The molecule has 6 nitrogen and oxygen atoms in total. The summed E-state index contributed by atoms with van der Waals surface area (Å²) in [6.45, 7) is 3.36. The first-order chi connectivity index (χ1) is 14.1. The number of nitrogens with zero attached hydrogens (tertiary/aromatic N) is 3. The van der Waals surface area contributed by atoms with Gasteiger partial charge < -0.3 is 15.1 Å². The Labute approximate surface area is 174 Å². The quantitative estimate of drug-likeness (QED) is 0.609. The van der Waals surface area contributed by atoms with E-state index >= 15 is 0 Å². The van der Waals surface area contributed by atoms with Crippen molar-refractivity contribution in [1.82, 2.24) is 9.80 Å². The van der Waals surface area contributed by atoms with Crippen LogP contribution in [0.1, 0.15) is 6.92 Å². The smallest absolute Gasteiger partial charge is 0.266 e. The lowest BCUT2D eigenvalue weighted by molar-refractivity contribution is -0.136. The average molecular weight is 407 g/mol. The maximum absolute atomic E-state index is 12.7. The molecule has 7 heteroatoms. The number of anilines is 1. The van der Waals surface area contributed by atoms with E-state index in [1.165, 1.54) is 13.1 Å². The van der Waals surface area contributed by atoms with Crippen LogP contribution in [-0.2, 0) is 9.59 Å². The minimum atomic E-state index is -0.323. The molecule has 1 aliphatic heterocycles. The third kappa shape index (κ3) is 5.39. The monoisotopic (exact) mass is 406 g/mol. The van der Waals surface area contributed by atoms with Crippen LogP contribution in [0.2, 0.25) is 0 Å². The fourth-order valence-corrected chi connectivity index (χ4v) is 3.91. The van der Waals surface area contributed by atoms with E-state index in [4.69, 9.17) is 0 Å². The molecule has 3 rings (SSSR count). The minimum Gasteiger partial charge on any atom is -0.359 e. The fourth-order valence-electron chi connectivity index (χ4n) is 2.98. The molecule has 2 aromatic carbocycles. The van der Waals surface area contributed by atoms with Crippen molar-refractivity contribution in [3.63, 3.8) is 0 Å². The summed E-state index contributed by atoms with van der Waals surface area (Å²) in [5, 5.41) is 12.6. The first-order valence-corrected chi connectivity index (χ1v) is 10.1. The zero-order valence-corrected chi connectivity index (χ0v) is 17.0. The number of hydrogen-bond donors (Lipinski definition) is 1. The van der Waals surface area contributed by atoms with E-state index in [1.807, 2.05) is 60.7 Å². The molecule has 0 atom stereocenters. The molecule has 0 aliphatic carbocycles. The first kappa shape index (κ1) is 20.5. The van der Waals surface area contributed by atoms with Gasteiger partial charge in [0.15, 0.2) is 0 Å². The van der Waals surface area contributed by atoms with Gasteiger partial charge in [0.05, 0.1) is 5.69 Å². The largest absolute Gasteiger partial charge is 0.359 e. The summed E-state index contributed by atoms with van der Waals surface area (Å²) in [4.78, 5) is 29.5. The number of nitriles is 1. The first-order valence-electron chi connectivity index (χ1n) is 9.32. The van der Waals surface area contributed by atoms with Crippen LogP contribution in [0.25, 0.3) is 0 Å². The molecule has 2 aromatic rings. The number of carbonyl (C=O) groups is 2. The van der Waals surface area contributed by atoms with Crippen molar-refractivity contribution in [3.05, 3.63) is 66.4 Å². The molecule has 0 aromatic heterocycles. The Balaban J connectivity index is 1.69. The number of carbonyl (C=O) groups excluding carboxylic acids is 2. The number of nitrogens with one attached hydrogen (secondary N) is 1. The third-order valence-corrected chi connectivity index (χ3v) is 5.68. The van der Waals surface area contributed by atoms with Crippen LogP contribution >= 0.6 is 11.8 Å². The molecule has 29 heavy (non-hydrogen) atoms. The molecule has 0 saturated carbocycles. The van der Waals surface area contributed by atoms with Crippen molar-refractivity contribution in [2.45, 2.75) is 16.7 Å². The number of rotatable bonds is 5. The Morgan fingerprint density at radius 3 is 2.28 bits per heavy atom. The van der Waals surface area contributed by atoms with Crippen molar-refractivity contribution in [1.29, 1.82) is 5.26 Å². The average Bonchev–Trinajstić information content (AvgIpc) is 2.76. The summed E-state index contributed by atoms with van der Waals surface area (Å²) in [6.07, 6.45) is 1.46. The van der Waals surface area contributed by atoms with Gasteiger partial charge >= 0.3 is 0 Å². The van der Waals surface area contributed by atoms with E-state index in [-0.39, 0.29) is 17.4 Å². The van der Waals surface area contributed by atoms with Gasteiger partial charge in [-0.05, 0) is 24.3 Å². The van der Waals surface area contributed by atoms with Crippen molar-refractivity contribution in [2.24, 2.45) is 0 Å². The SMILES string of the molecule is CC(=O)N1CCN(C(=O)/C(C#N)=C\Nc2ccccc2Sc2ccccc2)CC1. The van der Waals surface area contributed by atoms with Gasteiger partial charge in [-0.25, -0.2) is 0 Å². The van der Waals surface area contributed by atoms with Crippen molar-refractivity contribution < 1.29 is 9.59 Å². The molecular weight excluding hydrogens is 384 g/mol. The predicted molar refractivity (Wildman–Crippen MR) is 113 cm³/mol. The Bertz CT molecular complexity index is 945. The van der Waals surface area contributed by atoms with Crippen molar-refractivity contribution in [2.75, 3.05) is 31.5 Å². The molecule has 0 unspecified atom stereocenters. The molecule has 0 spiro atoms. The summed E-state index contributed by atoms with van der Waals surface area (Å²) in [5.74, 6) is -0.321. The summed E-state index contributed by atoms with van der Waals surface area (Å²) >= 11 is 1.61. The number of benzene rings is 2. The summed E-state index contributed by atoms with van der Waals surface area (Å²) < 4.78 is 0. The highest BCUT2D eigenvalue weighted by molar-refractivity contribution is 7.99. The maximum Gasteiger partial charge on any atom is 0.266 e. The highest BCUT2D eigenvalue weighted by Gasteiger charge is 2.24. The predicted octanol–water partition coefficient (Wildman–Crippen LogP) is 3.35. The van der Waals surface area contributed by atoms with Gasteiger partial charge in [-0.15, -0.1) is 0 Å². The molecule has 1 fully saturated rings. The second-order valence-electron chi connectivity index (χ2n) is 6.52. The minimum absolute atomic E-state index is 0.00216. The lowest BCUT2D eigenvalue weighted by atomic mass is 10.2.